The molecule has 0 bridgehead atoms. The SMILES string of the molecule is COCCN1CCN([C@H](C)C(=O)NC[C@@H]2CCCO2)C[C@H]1C. The molecule has 0 aromatic carbocycles. The number of nitrogens with zero attached hydrogens (tertiary/aromatic N) is 2. The molecule has 0 radical (unpaired) electrons. The van der Waals surface area contributed by atoms with E-state index in [0.717, 1.165) is 52.2 Å². The van der Waals surface area contributed by atoms with E-state index >= 15 is 0 Å². The predicted octanol–water partition coefficient (Wildman–Crippen LogP) is 0.323. The number of nitrogens with one attached hydrogen (secondary N) is 1. The van der Waals surface area contributed by atoms with E-state index in [1.807, 2.05) is 6.92 Å². The van der Waals surface area contributed by atoms with Crippen molar-refractivity contribution < 1.29 is 14.3 Å². The van der Waals surface area contributed by atoms with Crippen molar-refractivity contribution in [1.29, 1.82) is 0 Å². The van der Waals surface area contributed by atoms with Crippen LogP contribution in [0.1, 0.15) is 26.7 Å². The minimum absolute atomic E-state index is 0.0755. The highest BCUT2D eigenvalue weighted by Crippen LogP contribution is 2.13. The quantitative estimate of drug-likeness (QED) is 0.734. The fourth-order valence-corrected chi connectivity index (χ4v) is 3.25. The summed E-state index contributed by atoms with van der Waals surface area (Å²) in [5, 5.41) is 3.04. The maximum atomic E-state index is 12.3. The average Bonchev–Trinajstić information content (AvgIpc) is 3.04. The molecule has 3 atom stereocenters. The number of carbonyl (C=O) groups is 1. The molecule has 0 aromatic heterocycles. The van der Waals surface area contributed by atoms with Crippen LogP contribution in [0.2, 0.25) is 0 Å². The summed E-state index contributed by atoms with van der Waals surface area (Å²) in [4.78, 5) is 17.0. The fourth-order valence-electron chi connectivity index (χ4n) is 3.25. The first-order valence-corrected chi connectivity index (χ1v) is 8.48. The van der Waals surface area contributed by atoms with E-state index in [-0.39, 0.29) is 18.1 Å². The molecule has 0 saturated carbocycles. The van der Waals surface area contributed by atoms with Gasteiger partial charge in [0.1, 0.15) is 0 Å². The van der Waals surface area contributed by atoms with Crippen molar-refractivity contribution in [2.24, 2.45) is 0 Å². The van der Waals surface area contributed by atoms with Gasteiger partial charge in [-0.25, -0.2) is 0 Å². The Morgan fingerprint density at radius 2 is 2.27 bits per heavy atom. The molecule has 6 nitrogen and oxygen atoms in total. The third-order valence-corrected chi connectivity index (χ3v) is 4.83. The molecule has 1 N–H and O–H groups in total. The van der Waals surface area contributed by atoms with Crippen LogP contribution in [0, 0.1) is 0 Å². The van der Waals surface area contributed by atoms with E-state index in [9.17, 15) is 4.79 Å². The van der Waals surface area contributed by atoms with Gasteiger partial charge in [-0.2, -0.15) is 0 Å². The van der Waals surface area contributed by atoms with E-state index in [4.69, 9.17) is 9.47 Å². The summed E-state index contributed by atoms with van der Waals surface area (Å²) >= 11 is 0. The number of ether oxygens (including phenoxy) is 2. The van der Waals surface area contributed by atoms with Crippen molar-refractivity contribution in [3.63, 3.8) is 0 Å². The molecule has 1 amide bonds. The minimum atomic E-state index is -0.0755. The largest absolute Gasteiger partial charge is 0.383 e. The van der Waals surface area contributed by atoms with Crippen molar-refractivity contribution in [2.75, 3.05) is 53.0 Å². The van der Waals surface area contributed by atoms with Gasteiger partial charge < -0.3 is 14.8 Å². The standard InChI is InChI=1S/C16H31N3O3/c1-13-12-19(7-6-18(13)8-10-21-3)14(2)16(20)17-11-15-5-4-9-22-15/h13-15H,4-12H2,1-3H3,(H,17,20)/t13-,14-,15+/m1/s1. The maximum Gasteiger partial charge on any atom is 0.237 e. The van der Waals surface area contributed by atoms with Gasteiger partial charge in [0.2, 0.25) is 5.91 Å². The lowest BCUT2D eigenvalue weighted by Gasteiger charge is -2.41. The Labute approximate surface area is 134 Å². The maximum absolute atomic E-state index is 12.3. The molecule has 0 spiro atoms. The van der Waals surface area contributed by atoms with Gasteiger partial charge in [-0.15, -0.1) is 0 Å². The van der Waals surface area contributed by atoms with Gasteiger partial charge in [0, 0.05) is 52.5 Å². The number of carbonyl (C=O) groups excluding carboxylic acids is 1. The summed E-state index contributed by atoms with van der Waals surface area (Å²) in [7, 11) is 1.74. The Bertz CT molecular complexity index is 348. The van der Waals surface area contributed by atoms with Crippen LogP contribution in [-0.2, 0) is 14.3 Å². The van der Waals surface area contributed by atoms with Gasteiger partial charge in [-0.1, -0.05) is 0 Å². The molecule has 2 rings (SSSR count). The van der Waals surface area contributed by atoms with Crippen LogP contribution < -0.4 is 5.32 Å². The second-order valence-electron chi connectivity index (χ2n) is 6.43. The fraction of sp³-hybridized carbons (Fsp3) is 0.938. The molecule has 2 heterocycles. The molecule has 2 saturated heterocycles. The molecular formula is C16H31N3O3. The zero-order valence-electron chi connectivity index (χ0n) is 14.2. The highest BCUT2D eigenvalue weighted by Gasteiger charge is 2.29. The number of methoxy groups -OCH3 is 1. The monoisotopic (exact) mass is 313 g/mol. The molecule has 0 unspecified atom stereocenters. The summed E-state index contributed by atoms with van der Waals surface area (Å²) in [5.74, 6) is 0.119. The molecule has 2 aliphatic rings. The number of hydrogen-bond donors (Lipinski definition) is 1. The number of rotatable bonds is 7. The van der Waals surface area contributed by atoms with Crippen LogP contribution in [0.25, 0.3) is 0 Å². The number of hydrogen-bond acceptors (Lipinski definition) is 5. The van der Waals surface area contributed by atoms with Crippen LogP contribution in [-0.4, -0.2) is 86.9 Å². The highest BCUT2D eigenvalue weighted by atomic mass is 16.5. The molecule has 128 valence electrons. The Kier molecular flexibility index (Phi) is 7.08. The van der Waals surface area contributed by atoms with Crippen LogP contribution in [0.5, 0.6) is 0 Å². The van der Waals surface area contributed by atoms with Crippen LogP contribution >= 0.6 is 0 Å². The Hall–Kier alpha value is -0.690. The lowest BCUT2D eigenvalue weighted by Crippen LogP contribution is -2.58. The molecule has 2 aliphatic heterocycles. The molecular weight excluding hydrogens is 282 g/mol. The number of amides is 1. The van der Waals surface area contributed by atoms with Gasteiger partial charge in [-0.3, -0.25) is 14.6 Å². The predicted molar refractivity (Wildman–Crippen MR) is 85.9 cm³/mol. The summed E-state index contributed by atoms with van der Waals surface area (Å²) in [5.41, 5.74) is 0. The summed E-state index contributed by atoms with van der Waals surface area (Å²) in [6, 6.07) is 0.380. The van der Waals surface area contributed by atoms with Crippen molar-refractivity contribution in [1.82, 2.24) is 15.1 Å². The van der Waals surface area contributed by atoms with E-state index in [0.29, 0.717) is 12.6 Å². The van der Waals surface area contributed by atoms with Crippen LogP contribution in [0.3, 0.4) is 0 Å². The van der Waals surface area contributed by atoms with Crippen LogP contribution in [0.15, 0.2) is 0 Å². The second kappa shape index (κ2) is 8.82. The Balaban J connectivity index is 1.72. The first-order chi connectivity index (χ1) is 10.6. The van der Waals surface area contributed by atoms with Gasteiger partial charge in [-0.05, 0) is 26.7 Å². The first kappa shape index (κ1) is 17.7. The zero-order chi connectivity index (χ0) is 15.9. The summed E-state index contributed by atoms with van der Waals surface area (Å²) in [6.07, 6.45) is 2.38. The van der Waals surface area contributed by atoms with Gasteiger partial charge in [0.25, 0.3) is 0 Å². The number of piperazine rings is 1. The smallest absolute Gasteiger partial charge is 0.237 e. The normalized spacial score (nSPS) is 28.7. The molecule has 0 aromatic rings. The third kappa shape index (κ3) is 4.91. The highest BCUT2D eigenvalue weighted by molar-refractivity contribution is 5.81. The second-order valence-corrected chi connectivity index (χ2v) is 6.43. The summed E-state index contributed by atoms with van der Waals surface area (Å²) < 4.78 is 10.7. The topological polar surface area (TPSA) is 54.0 Å². The Morgan fingerprint density at radius 1 is 1.45 bits per heavy atom. The van der Waals surface area contributed by atoms with Crippen LogP contribution in [0.4, 0.5) is 0 Å². The minimum Gasteiger partial charge on any atom is -0.383 e. The van der Waals surface area contributed by atoms with Crippen molar-refractivity contribution >= 4 is 5.91 Å². The molecule has 22 heavy (non-hydrogen) atoms. The van der Waals surface area contributed by atoms with Gasteiger partial charge in [0.15, 0.2) is 0 Å². The first-order valence-electron chi connectivity index (χ1n) is 8.48. The van der Waals surface area contributed by atoms with Gasteiger partial charge >= 0.3 is 0 Å². The van der Waals surface area contributed by atoms with E-state index < -0.39 is 0 Å². The molecule has 2 fully saturated rings. The van der Waals surface area contributed by atoms with Gasteiger partial charge in [0.05, 0.1) is 18.8 Å². The molecule has 6 heteroatoms. The van der Waals surface area contributed by atoms with E-state index in [2.05, 4.69) is 22.0 Å². The third-order valence-electron chi connectivity index (χ3n) is 4.83. The van der Waals surface area contributed by atoms with Crippen molar-refractivity contribution in [3.8, 4) is 0 Å². The molecule has 0 aliphatic carbocycles. The summed E-state index contributed by atoms with van der Waals surface area (Å²) in [6.45, 7) is 10.3. The zero-order valence-corrected chi connectivity index (χ0v) is 14.2. The van der Waals surface area contributed by atoms with E-state index in [1.54, 1.807) is 7.11 Å². The van der Waals surface area contributed by atoms with E-state index in [1.165, 1.54) is 0 Å². The lowest BCUT2D eigenvalue weighted by atomic mass is 10.1. The van der Waals surface area contributed by atoms with Crippen molar-refractivity contribution in [2.45, 2.75) is 44.9 Å². The average molecular weight is 313 g/mol. The Morgan fingerprint density at radius 3 is 2.91 bits per heavy atom. The lowest BCUT2D eigenvalue weighted by molar-refractivity contribution is -0.127. The van der Waals surface area contributed by atoms with Crippen molar-refractivity contribution in [3.05, 3.63) is 0 Å².